The molecule has 1 fully saturated rings. The molecule has 0 radical (unpaired) electrons. The van der Waals surface area contributed by atoms with Crippen molar-refractivity contribution in [3.63, 3.8) is 0 Å². The molecule has 6 heteroatoms. The van der Waals surface area contributed by atoms with Crippen molar-refractivity contribution in [1.29, 1.82) is 0 Å². The van der Waals surface area contributed by atoms with Crippen molar-refractivity contribution in [2.45, 2.75) is 22.5 Å². The van der Waals surface area contributed by atoms with Crippen molar-refractivity contribution in [2.24, 2.45) is 0 Å². The van der Waals surface area contributed by atoms with Gasteiger partial charge in [0.05, 0.1) is 0 Å². The number of hydrogen-bond donors (Lipinski definition) is 2. The molecular weight excluding hydrogens is 339 g/mol. The van der Waals surface area contributed by atoms with Crippen LogP contribution < -0.4 is 10.6 Å². The fraction of sp³-hybridized carbons (Fsp3) is 0.316. The highest BCUT2D eigenvalue weighted by Crippen LogP contribution is 2.40. The smallest absolute Gasteiger partial charge is 0.319 e. The summed E-state index contributed by atoms with van der Waals surface area (Å²) in [6, 6.07) is 15.6. The SMILES string of the molecule is O=C(NCC1(Sc2ccccc2)CCOCC1)Nc1ccc(F)cc1. The molecule has 0 bridgehead atoms. The third-order valence-electron chi connectivity index (χ3n) is 4.15. The van der Waals surface area contributed by atoms with Gasteiger partial charge in [-0.25, -0.2) is 9.18 Å². The summed E-state index contributed by atoms with van der Waals surface area (Å²) < 4.78 is 18.3. The standard InChI is InChI=1S/C19H21FN2O2S/c20-15-6-8-16(9-7-15)22-18(23)21-14-19(10-12-24-13-11-19)25-17-4-2-1-3-5-17/h1-9H,10-14H2,(H2,21,22,23). The van der Waals surface area contributed by atoms with Crippen molar-refractivity contribution in [3.8, 4) is 0 Å². The third kappa shape index (κ3) is 5.21. The van der Waals surface area contributed by atoms with Crippen molar-refractivity contribution in [3.05, 3.63) is 60.4 Å². The summed E-state index contributed by atoms with van der Waals surface area (Å²) in [4.78, 5) is 13.4. The van der Waals surface area contributed by atoms with Gasteiger partial charge in [0.1, 0.15) is 5.82 Å². The number of hydrogen-bond acceptors (Lipinski definition) is 3. The Hall–Kier alpha value is -2.05. The zero-order chi connectivity index (χ0) is 17.5. The molecule has 2 N–H and O–H groups in total. The number of urea groups is 1. The van der Waals surface area contributed by atoms with Gasteiger partial charge in [-0.15, -0.1) is 11.8 Å². The third-order valence-corrected chi connectivity index (χ3v) is 5.65. The second-order valence-corrected chi connectivity index (χ2v) is 7.57. The van der Waals surface area contributed by atoms with Gasteiger partial charge in [-0.1, -0.05) is 18.2 Å². The van der Waals surface area contributed by atoms with E-state index in [-0.39, 0.29) is 16.6 Å². The Kier molecular flexibility index (Phi) is 5.94. The van der Waals surface area contributed by atoms with Crippen LogP contribution in [0.15, 0.2) is 59.5 Å². The molecule has 1 saturated heterocycles. The van der Waals surface area contributed by atoms with Crippen LogP contribution in [0.5, 0.6) is 0 Å². The van der Waals surface area contributed by atoms with Gasteiger partial charge in [0, 0.05) is 35.1 Å². The minimum Gasteiger partial charge on any atom is -0.381 e. The van der Waals surface area contributed by atoms with Gasteiger partial charge >= 0.3 is 6.03 Å². The summed E-state index contributed by atoms with van der Waals surface area (Å²) in [5.74, 6) is -0.327. The second kappa shape index (κ2) is 8.36. The molecule has 25 heavy (non-hydrogen) atoms. The highest BCUT2D eigenvalue weighted by molar-refractivity contribution is 8.00. The highest BCUT2D eigenvalue weighted by atomic mass is 32.2. The molecule has 2 aromatic carbocycles. The van der Waals surface area contributed by atoms with Gasteiger partial charge in [-0.05, 0) is 49.2 Å². The van der Waals surface area contributed by atoms with Gasteiger partial charge in [0.2, 0.25) is 0 Å². The Morgan fingerprint density at radius 3 is 2.44 bits per heavy atom. The number of halogens is 1. The van der Waals surface area contributed by atoms with Crippen LogP contribution in [0, 0.1) is 5.82 Å². The zero-order valence-electron chi connectivity index (χ0n) is 13.8. The maximum Gasteiger partial charge on any atom is 0.319 e. The molecule has 1 aliphatic rings. The van der Waals surface area contributed by atoms with E-state index in [1.807, 2.05) is 18.2 Å². The molecule has 2 aromatic rings. The molecule has 3 rings (SSSR count). The summed E-state index contributed by atoms with van der Waals surface area (Å²) in [5, 5.41) is 5.69. The Labute approximate surface area is 151 Å². The Morgan fingerprint density at radius 1 is 1.08 bits per heavy atom. The Bertz CT molecular complexity index is 688. The topological polar surface area (TPSA) is 50.4 Å². The summed E-state index contributed by atoms with van der Waals surface area (Å²) in [6.45, 7) is 1.94. The number of benzene rings is 2. The van der Waals surface area contributed by atoms with Gasteiger partial charge < -0.3 is 15.4 Å². The largest absolute Gasteiger partial charge is 0.381 e. The van der Waals surface area contributed by atoms with Crippen LogP contribution in [0.2, 0.25) is 0 Å². The van der Waals surface area contributed by atoms with E-state index in [4.69, 9.17) is 4.74 Å². The number of amides is 2. The van der Waals surface area contributed by atoms with Crippen LogP contribution in [0.1, 0.15) is 12.8 Å². The van der Waals surface area contributed by atoms with Crippen LogP contribution >= 0.6 is 11.8 Å². The number of thioether (sulfide) groups is 1. The van der Waals surface area contributed by atoms with Gasteiger partial charge in [0.15, 0.2) is 0 Å². The molecule has 132 valence electrons. The molecule has 0 aromatic heterocycles. The normalized spacial score (nSPS) is 16.2. The molecule has 1 heterocycles. The Morgan fingerprint density at radius 2 is 1.76 bits per heavy atom. The fourth-order valence-electron chi connectivity index (χ4n) is 2.75. The van der Waals surface area contributed by atoms with Crippen molar-refractivity contribution in [1.82, 2.24) is 5.32 Å². The molecule has 2 amide bonds. The lowest BCUT2D eigenvalue weighted by atomic mass is 9.99. The molecule has 0 saturated carbocycles. The van der Waals surface area contributed by atoms with E-state index in [1.54, 1.807) is 11.8 Å². The number of rotatable bonds is 5. The summed E-state index contributed by atoms with van der Waals surface area (Å²) >= 11 is 1.79. The van der Waals surface area contributed by atoms with E-state index in [0.717, 1.165) is 12.8 Å². The van der Waals surface area contributed by atoms with E-state index in [0.29, 0.717) is 25.4 Å². The fourth-order valence-corrected chi connectivity index (χ4v) is 4.06. The van der Waals surface area contributed by atoms with E-state index in [1.165, 1.54) is 29.2 Å². The van der Waals surface area contributed by atoms with Gasteiger partial charge in [0.25, 0.3) is 0 Å². The lowest BCUT2D eigenvalue weighted by molar-refractivity contribution is 0.0777. The average Bonchev–Trinajstić information content (AvgIpc) is 2.64. The summed E-state index contributed by atoms with van der Waals surface area (Å²) in [7, 11) is 0. The van der Waals surface area contributed by atoms with Crippen LogP contribution in [0.3, 0.4) is 0 Å². The monoisotopic (exact) mass is 360 g/mol. The van der Waals surface area contributed by atoms with Crippen molar-refractivity contribution in [2.75, 3.05) is 25.1 Å². The molecule has 4 nitrogen and oxygen atoms in total. The average molecular weight is 360 g/mol. The molecule has 0 unspecified atom stereocenters. The maximum absolute atomic E-state index is 12.9. The first-order valence-corrected chi connectivity index (χ1v) is 9.09. The maximum atomic E-state index is 12.9. The van der Waals surface area contributed by atoms with E-state index in [2.05, 4.69) is 22.8 Å². The molecule has 0 aliphatic carbocycles. The van der Waals surface area contributed by atoms with E-state index < -0.39 is 0 Å². The minimum absolute atomic E-state index is 0.0836. The highest BCUT2D eigenvalue weighted by Gasteiger charge is 2.34. The number of ether oxygens (including phenoxy) is 1. The van der Waals surface area contributed by atoms with Crippen LogP contribution in [-0.4, -0.2) is 30.5 Å². The predicted molar refractivity (Wildman–Crippen MR) is 98.5 cm³/mol. The van der Waals surface area contributed by atoms with Crippen LogP contribution in [0.25, 0.3) is 0 Å². The predicted octanol–water partition coefficient (Wildman–Crippen LogP) is 4.29. The molecular formula is C19H21FN2O2S. The molecule has 0 spiro atoms. The Balaban J connectivity index is 1.60. The lowest BCUT2D eigenvalue weighted by Crippen LogP contribution is -2.45. The zero-order valence-corrected chi connectivity index (χ0v) is 14.7. The first kappa shape index (κ1) is 17.8. The number of nitrogens with one attached hydrogen (secondary N) is 2. The van der Waals surface area contributed by atoms with Gasteiger partial charge in [-0.3, -0.25) is 0 Å². The first-order chi connectivity index (χ1) is 12.2. The van der Waals surface area contributed by atoms with E-state index in [9.17, 15) is 9.18 Å². The summed E-state index contributed by atoms with van der Waals surface area (Å²) in [5.41, 5.74) is 0.565. The molecule has 1 aliphatic heterocycles. The van der Waals surface area contributed by atoms with Crippen molar-refractivity contribution >= 4 is 23.5 Å². The minimum atomic E-state index is -0.327. The van der Waals surface area contributed by atoms with Crippen molar-refractivity contribution < 1.29 is 13.9 Å². The van der Waals surface area contributed by atoms with Gasteiger partial charge in [-0.2, -0.15) is 0 Å². The number of carbonyl (C=O) groups excluding carboxylic acids is 1. The van der Waals surface area contributed by atoms with Crippen LogP contribution in [0.4, 0.5) is 14.9 Å². The van der Waals surface area contributed by atoms with E-state index >= 15 is 0 Å². The quantitative estimate of drug-likeness (QED) is 0.836. The summed E-state index contributed by atoms with van der Waals surface area (Å²) in [6.07, 6.45) is 1.76. The second-order valence-electron chi connectivity index (χ2n) is 6.03. The van der Waals surface area contributed by atoms with Crippen LogP contribution in [-0.2, 0) is 4.74 Å². The lowest BCUT2D eigenvalue weighted by Gasteiger charge is -2.36. The number of anilines is 1. The first-order valence-electron chi connectivity index (χ1n) is 8.27. The number of carbonyl (C=O) groups is 1. The molecule has 0 atom stereocenters.